The number of hydrogen-bond donors (Lipinski definition) is 0. The van der Waals surface area contributed by atoms with Crippen molar-refractivity contribution >= 4 is 38.9 Å². The Morgan fingerprint density at radius 1 is 0.857 bits per heavy atom. The minimum Gasteiger partial charge on any atom is -0.192 e. The van der Waals surface area contributed by atoms with E-state index in [1.54, 1.807) is 0 Å². The van der Waals surface area contributed by atoms with Gasteiger partial charge in [0, 0.05) is 4.47 Å². The summed E-state index contributed by atoms with van der Waals surface area (Å²) in [4.78, 5) is 0. The van der Waals surface area contributed by atoms with Crippen LogP contribution in [-0.4, -0.2) is 0 Å². The molecule has 0 bridgehead atoms. The Morgan fingerprint density at radius 2 is 1.62 bits per heavy atom. The van der Waals surface area contributed by atoms with Crippen LogP contribution in [0.25, 0.3) is 22.9 Å². The predicted octanol–water partition coefficient (Wildman–Crippen LogP) is 5.64. The molecule has 0 N–H and O–H groups in total. The molecule has 0 saturated heterocycles. The Kier molecular flexibility index (Phi) is 3.85. The second-order valence-corrected chi connectivity index (χ2v) is 5.65. The molecule has 3 aromatic rings. The van der Waals surface area contributed by atoms with Crippen LogP contribution in [0.15, 0.2) is 65.1 Å². The molecule has 0 heterocycles. The number of benzene rings is 3. The summed E-state index contributed by atoms with van der Waals surface area (Å²) in [5.74, 6) is 0. The monoisotopic (exact) mass is 333 g/mol. The van der Waals surface area contributed by atoms with Crippen molar-refractivity contribution < 1.29 is 0 Å². The lowest BCUT2D eigenvalue weighted by molar-refractivity contribution is 1.49. The molecule has 0 radical (unpaired) electrons. The van der Waals surface area contributed by atoms with Gasteiger partial charge in [-0.3, -0.25) is 0 Å². The molecule has 0 spiro atoms. The lowest BCUT2D eigenvalue weighted by Gasteiger charge is -2.04. The molecule has 100 valence electrons. The molecule has 2 heteroatoms. The summed E-state index contributed by atoms with van der Waals surface area (Å²) in [6.07, 6.45) is 4.19. The lowest BCUT2D eigenvalue weighted by atomic mass is 10.0. The van der Waals surface area contributed by atoms with Crippen LogP contribution < -0.4 is 0 Å². The molecule has 21 heavy (non-hydrogen) atoms. The summed E-state index contributed by atoms with van der Waals surface area (Å²) < 4.78 is 1.00. The molecule has 3 rings (SSSR count). The molecule has 0 aliphatic heterocycles. The van der Waals surface area contributed by atoms with Crippen LogP contribution in [0, 0.1) is 11.3 Å². The number of hydrogen-bond acceptors (Lipinski definition) is 1. The molecule has 1 nitrogen and oxygen atoms in total. The molecule has 0 aromatic heterocycles. The van der Waals surface area contributed by atoms with Crippen molar-refractivity contribution in [3.8, 4) is 6.07 Å². The smallest absolute Gasteiger partial charge is 0.0991 e. The number of rotatable bonds is 2. The molecule has 0 saturated carbocycles. The van der Waals surface area contributed by atoms with E-state index in [4.69, 9.17) is 5.26 Å². The van der Waals surface area contributed by atoms with Crippen molar-refractivity contribution in [2.75, 3.05) is 0 Å². The maximum Gasteiger partial charge on any atom is 0.0991 e. The molecular formula is C19H12BrN. The number of halogens is 1. The number of nitriles is 1. The third-order valence-corrected chi connectivity index (χ3v) is 3.98. The normalized spacial score (nSPS) is 10.9. The largest absolute Gasteiger partial charge is 0.192 e. The SMILES string of the molecule is N#Cc1ccc2cc(/C=C/c3ccccc3)cc(Br)c2c1. The van der Waals surface area contributed by atoms with Crippen molar-refractivity contribution in [1.29, 1.82) is 5.26 Å². The minimum absolute atomic E-state index is 0.677. The maximum absolute atomic E-state index is 8.98. The quantitative estimate of drug-likeness (QED) is 0.556. The highest BCUT2D eigenvalue weighted by molar-refractivity contribution is 9.10. The molecular weight excluding hydrogens is 322 g/mol. The van der Waals surface area contributed by atoms with Crippen LogP contribution in [0.5, 0.6) is 0 Å². The van der Waals surface area contributed by atoms with Gasteiger partial charge in [-0.1, -0.05) is 64.5 Å². The highest BCUT2D eigenvalue weighted by atomic mass is 79.9. The minimum atomic E-state index is 0.677. The topological polar surface area (TPSA) is 23.8 Å². The first-order valence-electron chi connectivity index (χ1n) is 6.63. The van der Waals surface area contributed by atoms with Crippen LogP contribution in [-0.2, 0) is 0 Å². The molecule has 0 fully saturated rings. The first-order valence-corrected chi connectivity index (χ1v) is 7.42. The standard InChI is InChI=1S/C19H12BrN/c20-19-12-15(7-6-14-4-2-1-3-5-14)10-17-9-8-16(13-21)11-18(17)19/h1-12H/b7-6+. The Balaban J connectivity index is 2.01. The molecule has 0 unspecified atom stereocenters. The van der Waals surface area contributed by atoms with Crippen LogP contribution >= 0.6 is 15.9 Å². The summed E-state index contributed by atoms with van der Waals surface area (Å²) in [5, 5.41) is 11.2. The van der Waals surface area contributed by atoms with Crippen molar-refractivity contribution in [2.24, 2.45) is 0 Å². The van der Waals surface area contributed by atoms with Gasteiger partial charge in [-0.2, -0.15) is 5.26 Å². The summed E-state index contributed by atoms with van der Waals surface area (Å²) in [6, 6.07) is 22.3. The van der Waals surface area contributed by atoms with Crippen LogP contribution in [0.4, 0.5) is 0 Å². The Hall–Kier alpha value is -2.37. The highest BCUT2D eigenvalue weighted by Crippen LogP contribution is 2.27. The van der Waals surface area contributed by atoms with E-state index in [0.29, 0.717) is 5.56 Å². The van der Waals surface area contributed by atoms with Gasteiger partial charge in [0.05, 0.1) is 11.6 Å². The Morgan fingerprint density at radius 3 is 2.38 bits per heavy atom. The van der Waals surface area contributed by atoms with Gasteiger partial charge < -0.3 is 0 Å². The first-order chi connectivity index (χ1) is 10.3. The summed E-state index contributed by atoms with van der Waals surface area (Å²) in [5.41, 5.74) is 2.98. The van der Waals surface area contributed by atoms with Gasteiger partial charge in [-0.05, 0) is 46.2 Å². The number of nitrogens with zero attached hydrogens (tertiary/aromatic N) is 1. The molecule has 0 atom stereocenters. The van der Waals surface area contributed by atoms with Crippen LogP contribution in [0.2, 0.25) is 0 Å². The average molecular weight is 334 g/mol. The fourth-order valence-corrected chi connectivity index (χ4v) is 2.86. The van der Waals surface area contributed by atoms with Crippen molar-refractivity contribution in [1.82, 2.24) is 0 Å². The Bertz CT molecular complexity index is 858. The molecule has 3 aromatic carbocycles. The Labute approximate surface area is 132 Å². The van der Waals surface area contributed by atoms with Gasteiger partial charge in [0.2, 0.25) is 0 Å². The second kappa shape index (κ2) is 5.95. The first kappa shape index (κ1) is 13.6. The van der Waals surface area contributed by atoms with E-state index in [-0.39, 0.29) is 0 Å². The van der Waals surface area contributed by atoms with E-state index in [1.165, 1.54) is 5.56 Å². The van der Waals surface area contributed by atoms with Crippen LogP contribution in [0.1, 0.15) is 16.7 Å². The fraction of sp³-hybridized carbons (Fsp3) is 0. The zero-order chi connectivity index (χ0) is 14.7. The zero-order valence-corrected chi connectivity index (χ0v) is 12.8. The van der Waals surface area contributed by atoms with Gasteiger partial charge >= 0.3 is 0 Å². The van der Waals surface area contributed by atoms with E-state index < -0.39 is 0 Å². The number of fused-ring (bicyclic) bond motifs is 1. The van der Waals surface area contributed by atoms with E-state index in [0.717, 1.165) is 20.8 Å². The van der Waals surface area contributed by atoms with Gasteiger partial charge in [-0.25, -0.2) is 0 Å². The second-order valence-electron chi connectivity index (χ2n) is 4.79. The van der Waals surface area contributed by atoms with Gasteiger partial charge in [0.1, 0.15) is 0 Å². The third kappa shape index (κ3) is 3.04. The van der Waals surface area contributed by atoms with Gasteiger partial charge in [-0.15, -0.1) is 0 Å². The lowest BCUT2D eigenvalue weighted by Crippen LogP contribution is -1.81. The van der Waals surface area contributed by atoms with Crippen molar-refractivity contribution in [2.45, 2.75) is 0 Å². The summed E-state index contributed by atoms with van der Waals surface area (Å²) in [7, 11) is 0. The van der Waals surface area contributed by atoms with Crippen LogP contribution in [0.3, 0.4) is 0 Å². The van der Waals surface area contributed by atoms with E-state index in [2.05, 4.69) is 58.4 Å². The molecule has 0 aliphatic carbocycles. The van der Waals surface area contributed by atoms with Crippen molar-refractivity contribution in [3.63, 3.8) is 0 Å². The predicted molar refractivity (Wildman–Crippen MR) is 91.7 cm³/mol. The maximum atomic E-state index is 8.98. The molecule has 0 amide bonds. The van der Waals surface area contributed by atoms with Crippen molar-refractivity contribution in [3.05, 3.63) is 81.8 Å². The average Bonchev–Trinajstić information content (AvgIpc) is 2.54. The van der Waals surface area contributed by atoms with E-state index in [1.807, 2.05) is 36.4 Å². The fourth-order valence-electron chi connectivity index (χ4n) is 2.26. The van der Waals surface area contributed by atoms with Gasteiger partial charge in [0.15, 0.2) is 0 Å². The third-order valence-electron chi connectivity index (χ3n) is 3.32. The van der Waals surface area contributed by atoms with Gasteiger partial charge in [0.25, 0.3) is 0 Å². The summed E-state index contributed by atoms with van der Waals surface area (Å²) >= 11 is 3.59. The van der Waals surface area contributed by atoms with E-state index >= 15 is 0 Å². The van der Waals surface area contributed by atoms with E-state index in [9.17, 15) is 0 Å². The summed E-state index contributed by atoms with van der Waals surface area (Å²) in [6.45, 7) is 0. The molecule has 0 aliphatic rings. The zero-order valence-electron chi connectivity index (χ0n) is 11.3. The highest BCUT2D eigenvalue weighted by Gasteiger charge is 2.02.